The molecule has 0 aliphatic heterocycles. The van der Waals surface area contributed by atoms with E-state index >= 15 is 0 Å². The van der Waals surface area contributed by atoms with Crippen LogP contribution in [-0.2, 0) is 6.42 Å². The van der Waals surface area contributed by atoms with Crippen LogP contribution < -0.4 is 10.6 Å². The molecule has 0 radical (unpaired) electrons. The molecule has 0 bridgehead atoms. The highest BCUT2D eigenvalue weighted by Gasteiger charge is 2.16. The number of nitrogens with one attached hydrogen (secondary N) is 2. The molecular formula is C20H29N7. The molecule has 3 rings (SSSR count). The summed E-state index contributed by atoms with van der Waals surface area (Å²) in [6.07, 6.45) is 6.70. The third kappa shape index (κ3) is 4.53. The monoisotopic (exact) mass is 367 g/mol. The Kier molecular flexibility index (Phi) is 6.21. The van der Waals surface area contributed by atoms with Crippen molar-refractivity contribution in [3.8, 4) is 0 Å². The normalized spacial score (nSPS) is 11.5. The van der Waals surface area contributed by atoms with E-state index in [-0.39, 0.29) is 5.92 Å². The predicted octanol–water partition coefficient (Wildman–Crippen LogP) is 3.90. The lowest BCUT2D eigenvalue weighted by Gasteiger charge is -2.17. The third-order valence-corrected chi connectivity index (χ3v) is 4.70. The van der Waals surface area contributed by atoms with E-state index in [2.05, 4.69) is 59.6 Å². The highest BCUT2D eigenvalue weighted by Crippen LogP contribution is 2.23. The summed E-state index contributed by atoms with van der Waals surface area (Å²) in [5.74, 6) is 1.97. The van der Waals surface area contributed by atoms with Crippen molar-refractivity contribution in [2.24, 2.45) is 0 Å². The lowest BCUT2D eigenvalue weighted by atomic mass is 10.2. The van der Waals surface area contributed by atoms with Crippen molar-refractivity contribution in [2.45, 2.75) is 58.9 Å². The van der Waals surface area contributed by atoms with Gasteiger partial charge >= 0.3 is 0 Å². The molecule has 0 unspecified atom stereocenters. The number of rotatable bonds is 9. The van der Waals surface area contributed by atoms with Gasteiger partial charge in [-0.15, -0.1) is 15.3 Å². The zero-order chi connectivity index (χ0) is 19.2. The first-order chi connectivity index (χ1) is 13.1. The van der Waals surface area contributed by atoms with Crippen molar-refractivity contribution >= 4 is 17.2 Å². The Labute approximate surface area is 160 Å². The van der Waals surface area contributed by atoms with Gasteiger partial charge in [-0.3, -0.25) is 4.98 Å². The topological polar surface area (TPSA) is 80.0 Å². The van der Waals surface area contributed by atoms with Gasteiger partial charge in [-0.05, 0) is 30.9 Å². The predicted molar refractivity (Wildman–Crippen MR) is 109 cm³/mol. The molecule has 27 heavy (non-hydrogen) atoms. The Morgan fingerprint density at radius 1 is 1.15 bits per heavy atom. The molecule has 3 aromatic heterocycles. The molecule has 7 nitrogen and oxygen atoms in total. The molecule has 7 heteroatoms. The molecule has 0 saturated carbocycles. The smallest absolute Gasteiger partial charge is 0.201 e. The van der Waals surface area contributed by atoms with Crippen LogP contribution in [0.15, 0.2) is 30.6 Å². The van der Waals surface area contributed by atoms with Crippen LogP contribution in [0.2, 0.25) is 0 Å². The van der Waals surface area contributed by atoms with Crippen molar-refractivity contribution in [1.82, 2.24) is 24.8 Å². The van der Waals surface area contributed by atoms with E-state index in [0.29, 0.717) is 6.04 Å². The number of hydrogen-bond donors (Lipinski definition) is 2. The Morgan fingerprint density at radius 2 is 1.96 bits per heavy atom. The second-order valence-corrected chi connectivity index (χ2v) is 7.09. The second kappa shape index (κ2) is 8.79. The van der Waals surface area contributed by atoms with E-state index in [1.54, 1.807) is 6.20 Å². The summed E-state index contributed by atoms with van der Waals surface area (Å²) in [4.78, 5) is 4.17. The van der Waals surface area contributed by atoms with Crippen molar-refractivity contribution in [2.75, 3.05) is 17.2 Å². The van der Waals surface area contributed by atoms with Gasteiger partial charge in [0.2, 0.25) is 5.65 Å². The molecule has 0 aliphatic carbocycles. The average molecular weight is 368 g/mol. The molecule has 0 spiro atoms. The molecule has 2 N–H and O–H groups in total. The molecular weight excluding hydrogens is 338 g/mol. The van der Waals surface area contributed by atoms with Gasteiger partial charge < -0.3 is 10.6 Å². The average Bonchev–Trinajstić information content (AvgIpc) is 3.11. The molecule has 3 heterocycles. The lowest BCUT2D eigenvalue weighted by molar-refractivity contribution is 0.661. The Balaban J connectivity index is 1.87. The first-order valence-electron chi connectivity index (χ1n) is 9.78. The molecule has 0 aliphatic rings. The van der Waals surface area contributed by atoms with Gasteiger partial charge in [-0.1, -0.05) is 33.8 Å². The van der Waals surface area contributed by atoms with Crippen LogP contribution in [0, 0.1) is 0 Å². The van der Waals surface area contributed by atoms with E-state index in [4.69, 9.17) is 5.10 Å². The standard InChI is InChI=1S/C20H29N7/c1-5-16(6-2)23-18-12-17(22-11-9-15-8-7-10-21-13-15)20-25-24-19(14(3)4)27(20)26-18/h7-8,10,12-14,16,22H,5-6,9,11H2,1-4H3,(H,23,26). The van der Waals surface area contributed by atoms with Gasteiger partial charge in [0.25, 0.3) is 0 Å². The van der Waals surface area contributed by atoms with E-state index in [1.165, 1.54) is 5.56 Å². The molecule has 0 amide bonds. The van der Waals surface area contributed by atoms with Crippen LogP contribution in [0.1, 0.15) is 57.8 Å². The molecule has 0 aromatic carbocycles. The van der Waals surface area contributed by atoms with E-state index in [9.17, 15) is 0 Å². The van der Waals surface area contributed by atoms with Crippen LogP contribution in [0.25, 0.3) is 5.65 Å². The number of nitrogens with zero attached hydrogens (tertiary/aromatic N) is 5. The maximum Gasteiger partial charge on any atom is 0.201 e. The SMILES string of the molecule is CCC(CC)Nc1cc(NCCc2cccnc2)c2nnc(C(C)C)n2n1. The summed E-state index contributed by atoms with van der Waals surface area (Å²) in [7, 11) is 0. The van der Waals surface area contributed by atoms with Crippen LogP contribution in [0.4, 0.5) is 11.5 Å². The fourth-order valence-electron chi connectivity index (χ4n) is 3.05. The zero-order valence-electron chi connectivity index (χ0n) is 16.6. The Bertz CT molecular complexity index is 853. The van der Waals surface area contributed by atoms with Crippen molar-refractivity contribution in [3.05, 3.63) is 42.0 Å². The van der Waals surface area contributed by atoms with E-state index in [0.717, 1.165) is 48.8 Å². The van der Waals surface area contributed by atoms with Crippen molar-refractivity contribution < 1.29 is 0 Å². The zero-order valence-corrected chi connectivity index (χ0v) is 16.6. The maximum atomic E-state index is 4.75. The van der Waals surface area contributed by atoms with Gasteiger partial charge in [0.1, 0.15) is 5.82 Å². The first kappa shape index (κ1) is 19.1. The maximum absolute atomic E-state index is 4.75. The summed E-state index contributed by atoms with van der Waals surface area (Å²) in [5, 5.41) is 20.5. The Morgan fingerprint density at radius 3 is 2.63 bits per heavy atom. The van der Waals surface area contributed by atoms with Crippen LogP contribution >= 0.6 is 0 Å². The second-order valence-electron chi connectivity index (χ2n) is 7.09. The molecule has 0 fully saturated rings. The van der Waals surface area contributed by atoms with Crippen molar-refractivity contribution in [3.63, 3.8) is 0 Å². The molecule has 144 valence electrons. The van der Waals surface area contributed by atoms with Crippen LogP contribution in [0.5, 0.6) is 0 Å². The summed E-state index contributed by atoms with van der Waals surface area (Å²) < 4.78 is 1.86. The van der Waals surface area contributed by atoms with Crippen LogP contribution in [0.3, 0.4) is 0 Å². The number of pyridine rings is 1. The summed E-state index contributed by atoms with van der Waals surface area (Å²) >= 11 is 0. The van der Waals surface area contributed by atoms with Gasteiger partial charge in [-0.25, -0.2) is 0 Å². The molecule has 0 saturated heterocycles. The van der Waals surface area contributed by atoms with Gasteiger partial charge in [-0.2, -0.15) is 4.52 Å². The number of aromatic nitrogens is 5. The quantitative estimate of drug-likeness (QED) is 0.597. The number of hydrogen-bond acceptors (Lipinski definition) is 6. The van der Waals surface area contributed by atoms with Gasteiger partial charge in [0.15, 0.2) is 5.82 Å². The van der Waals surface area contributed by atoms with Crippen LogP contribution in [-0.4, -0.2) is 37.4 Å². The fourth-order valence-corrected chi connectivity index (χ4v) is 3.05. The minimum atomic E-state index is 0.249. The minimum absolute atomic E-state index is 0.249. The fraction of sp³-hybridized carbons (Fsp3) is 0.500. The minimum Gasteiger partial charge on any atom is -0.381 e. The van der Waals surface area contributed by atoms with Gasteiger partial charge in [0.05, 0.1) is 5.69 Å². The number of fused-ring (bicyclic) bond motifs is 1. The summed E-state index contributed by atoms with van der Waals surface area (Å²) in [5.41, 5.74) is 2.91. The first-order valence-corrected chi connectivity index (χ1v) is 9.78. The summed E-state index contributed by atoms with van der Waals surface area (Å²) in [6.45, 7) is 9.37. The lowest BCUT2D eigenvalue weighted by Crippen LogP contribution is -2.19. The van der Waals surface area contributed by atoms with Crippen molar-refractivity contribution in [1.29, 1.82) is 0 Å². The highest BCUT2D eigenvalue weighted by molar-refractivity contribution is 5.70. The molecule has 3 aromatic rings. The highest BCUT2D eigenvalue weighted by atomic mass is 15.4. The van der Waals surface area contributed by atoms with E-state index < -0.39 is 0 Å². The molecule has 0 atom stereocenters. The largest absolute Gasteiger partial charge is 0.381 e. The van der Waals surface area contributed by atoms with E-state index in [1.807, 2.05) is 22.8 Å². The third-order valence-electron chi connectivity index (χ3n) is 4.70. The van der Waals surface area contributed by atoms with Gasteiger partial charge in [0, 0.05) is 37.0 Å². The Hall–Kier alpha value is -2.70. The number of anilines is 2. The summed E-state index contributed by atoms with van der Waals surface area (Å²) in [6, 6.07) is 6.49.